The van der Waals surface area contributed by atoms with Crippen LogP contribution in [0.3, 0.4) is 0 Å². The lowest BCUT2D eigenvalue weighted by molar-refractivity contribution is -0.149. The fraction of sp³-hybridized carbons (Fsp3) is 0.478. The third kappa shape index (κ3) is 6.21. The number of hydrogen-bond donors (Lipinski definition) is 4. The lowest BCUT2D eigenvalue weighted by Crippen LogP contribution is -2.50. The van der Waals surface area contributed by atoms with Crippen LogP contribution in [0.4, 0.5) is 0 Å². The maximum absolute atomic E-state index is 13.8. The van der Waals surface area contributed by atoms with Gasteiger partial charge in [0.25, 0.3) is 11.3 Å². The fourth-order valence-electron chi connectivity index (χ4n) is 3.76. The third-order valence-electron chi connectivity index (χ3n) is 5.51. The Hall–Kier alpha value is -3.31. The number of hydrogen-bond acceptors (Lipinski definition) is 11. The van der Waals surface area contributed by atoms with E-state index < -0.39 is 67.3 Å². The van der Waals surface area contributed by atoms with Gasteiger partial charge in [-0.3, -0.25) is 23.7 Å². The molecule has 1 aliphatic heterocycles. The number of carbonyl (C=O) groups excluding carboxylic acids is 1. The van der Waals surface area contributed by atoms with Crippen molar-refractivity contribution < 1.29 is 38.1 Å². The lowest BCUT2D eigenvalue weighted by Gasteiger charge is -2.29. The summed E-state index contributed by atoms with van der Waals surface area (Å²) in [6, 6.07) is 9.35. The largest absolute Gasteiger partial charge is 0.462 e. The zero-order chi connectivity index (χ0) is 28.3. The van der Waals surface area contributed by atoms with Crippen molar-refractivity contribution in [3.63, 3.8) is 0 Å². The summed E-state index contributed by atoms with van der Waals surface area (Å²) in [7, 11) is -4.41. The lowest BCUT2D eigenvalue weighted by atomic mass is 10.0. The van der Waals surface area contributed by atoms with Crippen LogP contribution in [0.25, 0.3) is 0 Å². The first-order valence-corrected chi connectivity index (χ1v) is 13.1. The van der Waals surface area contributed by atoms with Gasteiger partial charge in [0, 0.05) is 12.3 Å². The molecule has 4 N–H and O–H groups in total. The SMILES string of the molecule is CC(C)OC(=O)[C@H](C)N[P@@](=O)(Oc1ccccc1)OC(C)[C@H]1O[C@@](C#N)(n2ccc(=O)[nH]c2=O)[C@H](O)[C@@H]1O. The highest BCUT2D eigenvalue weighted by Crippen LogP contribution is 2.48. The smallest absolute Gasteiger partial charge is 0.459 e. The topological polar surface area (TPSA) is 202 Å². The molecule has 1 saturated heterocycles. The first kappa shape index (κ1) is 29.2. The Labute approximate surface area is 217 Å². The Morgan fingerprint density at radius 2 is 1.87 bits per heavy atom. The normalized spacial score (nSPS) is 26.2. The average Bonchev–Trinajstić information content (AvgIpc) is 3.10. The predicted molar refractivity (Wildman–Crippen MR) is 131 cm³/mol. The quantitative estimate of drug-likeness (QED) is 0.233. The molecule has 2 aromatic rings. The summed E-state index contributed by atoms with van der Waals surface area (Å²) in [5.41, 5.74) is -4.28. The second-order valence-electron chi connectivity index (χ2n) is 8.86. The molecule has 0 bridgehead atoms. The van der Waals surface area contributed by atoms with E-state index in [9.17, 15) is 34.4 Å². The van der Waals surface area contributed by atoms with E-state index >= 15 is 0 Å². The molecule has 0 saturated carbocycles. The fourth-order valence-corrected chi connectivity index (χ4v) is 5.45. The van der Waals surface area contributed by atoms with Crippen LogP contribution in [0, 0.1) is 11.3 Å². The molecule has 0 aliphatic carbocycles. The Bertz CT molecular complexity index is 1340. The van der Waals surface area contributed by atoms with Crippen LogP contribution < -0.4 is 20.9 Å². The van der Waals surface area contributed by atoms with E-state index in [1.54, 1.807) is 38.1 Å². The molecule has 15 heteroatoms. The zero-order valence-corrected chi connectivity index (χ0v) is 21.9. The van der Waals surface area contributed by atoms with Crippen molar-refractivity contribution in [2.24, 2.45) is 0 Å². The maximum atomic E-state index is 13.8. The summed E-state index contributed by atoms with van der Waals surface area (Å²) in [6.07, 6.45) is -6.16. The number of nitriles is 1. The highest BCUT2D eigenvalue weighted by Gasteiger charge is 2.59. The highest BCUT2D eigenvalue weighted by molar-refractivity contribution is 7.52. The maximum Gasteiger partial charge on any atom is 0.459 e. The standard InChI is InChI=1S/C23H29N4O10P/c1-13(2)34-21(31)14(3)26-38(33,37-16-8-6-5-7-9-16)36-15(4)19-18(29)20(30)23(12-24,35-19)27-11-10-17(28)25-22(27)32/h5-11,13-15,18-20,29-30H,1-4H3,(H,26,33)(H,25,28,32)/t14-,15?,18+,19+,20+,23+,38-/m0/s1. The minimum Gasteiger partial charge on any atom is -0.462 e. The summed E-state index contributed by atoms with van der Waals surface area (Å²) in [5, 5.41) is 33.8. The van der Waals surface area contributed by atoms with Crippen molar-refractivity contribution in [3.8, 4) is 11.8 Å². The van der Waals surface area contributed by atoms with Crippen molar-refractivity contribution in [2.45, 2.75) is 70.0 Å². The Morgan fingerprint density at radius 1 is 1.21 bits per heavy atom. The van der Waals surface area contributed by atoms with E-state index in [1.807, 2.05) is 4.98 Å². The number of nitrogens with zero attached hydrogens (tertiary/aromatic N) is 2. The van der Waals surface area contributed by atoms with Gasteiger partial charge in [-0.25, -0.2) is 9.36 Å². The number of nitrogens with one attached hydrogen (secondary N) is 2. The molecule has 14 nitrogen and oxygen atoms in total. The van der Waals surface area contributed by atoms with Gasteiger partial charge in [-0.2, -0.15) is 10.3 Å². The van der Waals surface area contributed by atoms with Crippen molar-refractivity contribution >= 4 is 13.7 Å². The summed E-state index contributed by atoms with van der Waals surface area (Å²) in [5.74, 6) is -0.610. The Morgan fingerprint density at radius 3 is 2.45 bits per heavy atom. The first-order valence-electron chi connectivity index (χ1n) is 11.6. The van der Waals surface area contributed by atoms with E-state index in [2.05, 4.69) is 5.09 Å². The number of carbonyl (C=O) groups is 1. The van der Waals surface area contributed by atoms with Crippen LogP contribution in [0.2, 0.25) is 0 Å². The van der Waals surface area contributed by atoms with Crippen LogP contribution >= 0.6 is 7.75 Å². The molecule has 206 valence electrons. The number of aliphatic hydroxyl groups is 2. The van der Waals surface area contributed by atoms with Gasteiger partial charge < -0.3 is 24.2 Å². The minimum absolute atomic E-state index is 0.124. The van der Waals surface area contributed by atoms with Gasteiger partial charge in [0.05, 0.1) is 12.2 Å². The number of ether oxygens (including phenoxy) is 2. The van der Waals surface area contributed by atoms with E-state index in [0.29, 0.717) is 4.57 Å². The highest BCUT2D eigenvalue weighted by atomic mass is 31.2. The van der Waals surface area contributed by atoms with Gasteiger partial charge in [-0.05, 0) is 39.8 Å². The van der Waals surface area contributed by atoms with Crippen molar-refractivity contribution in [1.82, 2.24) is 14.6 Å². The summed E-state index contributed by atoms with van der Waals surface area (Å²) in [6.45, 7) is 5.99. The number of aromatic amines is 1. The zero-order valence-electron chi connectivity index (χ0n) is 21.0. The van der Waals surface area contributed by atoms with Gasteiger partial charge in [0.1, 0.15) is 36.2 Å². The van der Waals surface area contributed by atoms with Gasteiger partial charge in [0.2, 0.25) is 0 Å². The first-order chi connectivity index (χ1) is 17.8. The molecule has 1 aromatic carbocycles. The summed E-state index contributed by atoms with van der Waals surface area (Å²) < 4.78 is 36.4. The van der Waals surface area contributed by atoms with Crippen LogP contribution in [0.15, 0.2) is 52.2 Å². The third-order valence-corrected chi connectivity index (χ3v) is 7.28. The number of aliphatic hydroxyl groups excluding tert-OH is 2. The second kappa shape index (κ2) is 11.6. The van der Waals surface area contributed by atoms with Crippen LogP contribution in [0.1, 0.15) is 27.7 Å². The molecule has 0 radical (unpaired) electrons. The molecular weight excluding hydrogens is 523 g/mol. The molecule has 38 heavy (non-hydrogen) atoms. The molecule has 0 spiro atoms. The van der Waals surface area contributed by atoms with Crippen LogP contribution in [0.5, 0.6) is 5.75 Å². The average molecular weight is 552 g/mol. The van der Waals surface area contributed by atoms with Gasteiger partial charge in [-0.1, -0.05) is 18.2 Å². The summed E-state index contributed by atoms with van der Waals surface area (Å²) in [4.78, 5) is 38.1. The van der Waals surface area contributed by atoms with Crippen LogP contribution in [-0.4, -0.2) is 62.3 Å². The van der Waals surface area contributed by atoms with E-state index in [-0.39, 0.29) is 5.75 Å². The van der Waals surface area contributed by atoms with Crippen molar-refractivity contribution in [3.05, 3.63) is 63.4 Å². The van der Waals surface area contributed by atoms with Crippen molar-refractivity contribution in [1.29, 1.82) is 5.26 Å². The van der Waals surface area contributed by atoms with Crippen molar-refractivity contribution in [2.75, 3.05) is 0 Å². The molecular formula is C23H29N4O10P. The molecule has 0 amide bonds. The number of H-pyrrole nitrogens is 1. The Balaban J connectivity index is 1.90. The van der Waals surface area contributed by atoms with E-state index in [4.69, 9.17) is 18.5 Å². The predicted octanol–water partition coefficient (Wildman–Crippen LogP) is 0.355. The number of aromatic nitrogens is 2. The molecule has 2 heterocycles. The number of rotatable bonds is 10. The number of esters is 1. The molecule has 7 atom stereocenters. The molecule has 1 fully saturated rings. The van der Waals surface area contributed by atoms with Gasteiger partial charge in [0.15, 0.2) is 0 Å². The van der Waals surface area contributed by atoms with Gasteiger partial charge >= 0.3 is 19.4 Å². The molecule has 3 rings (SSSR count). The van der Waals surface area contributed by atoms with E-state index in [1.165, 1.54) is 26.0 Å². The summed E-state index contributed by atoms with van der Waals surface area (Å²) >= 11 is 0. The minimum atomic E-state index is -4.41. The van der Waals surface area contributed by atoms with Gasteiger partial charge in [-0.15, -0.1) is 0 Å². The number of para-hydroxylation sites is 1. The Kier molecular flexibility index (Phi) is 8.94. The number of benzene rings is 1. The monoisotopic (exact) mass is 552 g/mol. The van der Waals surface area contributed by atoms with Crippen LogP contribution in [-0.2, 0) is 29.1 Å². The second-order valence-corrected chi connectivity index (χ2v) is 10.5. The van der Waals surface area contributed by atoms with E-state index in [0.717, 1.165) is 12.3 Å². The molecule has 1 aromatic heterocycles. The molecule has 1 aliphatic rings. The molecule has 1 unspecified atom stereocenters.